The van der Waals surface area contributed by atoms with Gasteiger partial charge in [-0.3, -0.25) is 9.59 Å². The lowest BCUT2D eigenvalue weighted by Crippen LogP contribution is -2.47. The number of alkyl halides is 5. The van der Waals surface area contributed by atoms with Crippen LogP contribution in [-0.2, 0) is 11.2 Å². The lowest BCUT2D eigenvalue weighted by molar-refractivity contribution is -0.183. The number of nitrogens with one attached hydrogen (secondary N) is 2. The zero-order valence-electron chi connectivity index (χ0n) is 21.0. The van der Waals surface area contributed by atoms with Crippen LogP contribution in [0.3, 0.4) is 0 Å². The van der Waals surface area contributed by atoms with E-state index in [1.165, 1.54) is 10.6 Å². The Balaban J connectivity index is 1.39. The van der Waals surface area contributed by atoms with Gasteiger partial charge in [-0.1, -0.05) is 0 Å². The van der Waals surface area contributed by atoms with Crippen LogP contribution in [0, 0.1) is 29.1 Å². The van der Waals surface area contributed by atoms with Crippen LogP contribution in [0.15, 0.2) is 29.8 Å². The van der Waals surface area contributed by atoms with Gasteiger partial charge < -0.3 is 10.6 Å². The summed E-state index contributed by atoms with van der Waals surface area (Å²) >= 11 is 1.12. The molecular formula is C26H25F5N6O2S. The molecular weight excluding hydrogens is 555 g/mol. The Kier molecular flexibility index (Phi) is 7.52. The molecule has 40 heavy (non-hydrogen) atoms. The number of rotatable bonds is 6. The summed E-state index contributed by atoms with van der Waals surface area (Å²) < 4.78 is 68.9. The van der Waals surface area contributed by atoms with Crippen molar-refractivity contribution in [1.29, 1.82) is 5.26 Å². The van der Waals surface area contributed by atoms with Gasteiger partial charge in [0.15, 0.2) is 5.65 Å². The molecule has 8 nitrogen and oxygen atoms in total. The van der Waals surface area contributed by atoms with Gasteiger partial charge in [-0.25, -0.2) is 18.3 Å². The molecule has 5 rings (SSSR count). The number of amides is 2. The van der Waals surface area contributed by atoms with Crippen LogP contribution in [0.1, 0.15) is 64.8 Å². The van der Waals surface area contributed by atoms with Gasteiger partial charge in [0, 0.05) is 37.1 Å². The van der Waals surface area contributed by atoms with Crippen LogP contribution in [-0.4, -0.2) is 45.1 Å². The molecule has 3 atom stereocenters. The minimum absolute atomic E-state index is 0.000872. The maximum Gasteiger partial charge on any atom is 0.393 e. The smallest absolute Gasteiger partial charge is 0.355 e. The van der Waals surface area contributed by atoms with Crippen molar-refractivity contribution in [2.75, 3.05) is 6.54 Å². The Morgan fingerprint density at radius 2 is 2.05 bits per heavy atom. The van der Waals surface area contributed by atoms with Crippen LogP contribution in [0.25, 0.3) is 5.65 Å². The molecule has 14 heteroatoms. The first-order valence-electron chi connectivity index (χ1n) is 12.8. The molecule has 1 saturated carbocycles. The van der Waals surface area contributed by atoms with E-state index < -0.39 is 48.3 Å². The third-order valence-corrected chi connectivity index (χ3v) is 8.42. The second-order valence-corrected chi connectivity index (χ2v) is 11.3. The molecule has 2 aliphatic rings. The van der Waals surface area contributed by atoms with Crippen molar-refractivity contribution < 1.29 is 31.5 Å². The summed E-state index contributed by atoms with van der Waals surface area (Å²) in [5.41, 5.74) is 1.46. The van der Waals surface area contributed by atoms with E-state index in [2.05, 4.69) is 20.7 Å². The first kappa shape index (κ1) is 27.9. The lowest BCUT2D eigenvalue weighted by atomic mass is 9.81. The number of fused-ring (bicyclic) bond motifs is 1. The number of imidazole rings is 1. The van der Waals surface area contributed by atoms with Crippen molar-refractivity contribution >= 4 is 28.8 Å². The van der Waals surface area contributed by atoms with E-state index in [4.69, 9.17) is 5.26 Å². The lowest BCUT2D eigenvalue weighted by Gasteiger charge is -2.33. The van der Waals surface area contributed by atoms with Gasteiger partial charge in [0.1, 0.15) is 10.9 Å². The fraction of sp³-hybridized carbons (Fsp3) is 0.500. The normalized spacial score (nSPS) is 22.4. The summed E-state index contributed by atoms with van der Waals surface area (Å²) in [4.78, 5) is 30.2. The minimum Gasteiger partial charge on any atom is -0.355 e. The second-order valence-electron chi connectivity index (χ2n) is 10.4. The van der Waals surface area contributed by atoms with Crippen molar-refractivity contribution in [3.8, 4) is 6.07 Å². The molecule has 0 radical (unpaired) electrons. The number of halogens is 5. The molecule has 1 saturated heterocycles. The van der Waals surface area contributed by atoms with Crippen molar-refractivity contribution in [2.45, 2.75) is 56.7 Å². The van der Waals surface area contributed by atoms with E-state index >= 15 is 0 Å². The summed E-state index contributed by atoms with van der Waals surface area (Å²) in [5.74, 6) is -6.54. The molecule has 2 amide bonds. The van der Waals surface area contributed by atoms with E-state index in [0.29, 0.717) is 21.9 Å². The van der Waals surface area contributed by atoms with Crippen molar-refractivity contribution in [2.24, 2.45) is 17.8 Å². The largest absolute Gasteiger partial charge is 0.393 e. The number of carbonyl (C=O) groups excluding carboxylic acids is 2. The Labute approximate surface area is 229 Å². The number of aromatic nitrogens is 3. The Morgan fingerprint density at radius 3 is 2.73 bits per heavy atom. The third-order valence-electron chi connectivity index (χ3n) is 7.59. The van der Waals surface area contributed by atoms with Crippen LogP contribution < -0.4 is 10.6 Å². The predicted octanol–water partition coefficient (Wildman–Crippen LogP) is 4.82. The van der Waals surface area contributed by atoms with Crippen LogP contribution >= 0.6 is 11.3 Å². The van der Waals surface area contributed by atoms with Gasteiger partial charge in [0.2, 0.25) is 11.8 Å². The molecule has 1 aliphatic carbocycles. The van der Waals surface area contributed by atoms with Gasteiger partial charge >= 0.3 is 6.18 Å². The summed E-state index contributed by atoms with van der Waals surface area (Å²) in [6, 6.07) is 5.91. The number of carbonyl (C=O) groups is 2. The fourth-order valence-electron chi connectivity index (χ4n) is 5.35. The average Bonchev–Trinajstić information content (AvgIpc) is 3.55. The number of piperidine rings is 1. The van der Waals surface area contributed by atoms with Gasteiger partial charge in [-0.05, 0) is 43.4 Å². The maximum atomic E-state index is 13.9. The Bertz CT molecular complexity index is 1450. The van der Waals surface area contributed by atoms with Crippen molar-refractivity contribution in [1.82, 2.24) is 25.2 Å². The van der Waals surface area contributed by atoms with Crippen LogP contribution in [0.4, 0.5) is 22.0 Å². The maximum absolute atomic E-state index is 13.9. The number of thiophene rings is 1. The molecule has 1 aliphatic heterocycles. The molecule has 212 valence electrons. The van der Waals surface area contributed by atoms with E-state index in [9.17, 15) is 31.5 Å². The Morgan fingerprint density at radius 1 is 1.30 bits per heavy atom. The Hall–Kier alpha value is -3.60. The van der Waals surface area contributed by atoms with Crippen LogP contribution in [0.5, 0.6) is 0 Å². The topological polar surface area (TPSA) is 112 Å². The highest BCUT2D eigenvalue weighted by atomic mass is 32.1. The van der Waals surface area contributed by atoms with E-state index in [0.717, 1.165) is 11.3 Å². The highest BCUT2D eigenvalue weighted by molar-refractivity contribution is 7.10. The number of nitrogens with zero attached hydrogens (tertiary/aromatic N) is 4. The first-order valence-corrected chi connectivity index (χ1v) is 13.7. The standard InChI is InChI=1S/C26H25F5N6O2S/c27-25(28)5-3-14(4-6-25)22(35-24(39)16-9-19(10-32)40-13-16)20-12-37-21(34-20)2-1-18(36-37)8-15-7-17(26(29,30)31)11-33-23(15)38/h1-2,9,12-15,17,22H,3-8,11H2,(H,33,38)(H,35,39)/t15?,17-,22+/m1/s1. The predicted molar refractivity (Wildman–Crippen MR) is 133 cm³/mol. The SMILES string of the molecule is N#Cc1cc(C(=O)N[C@H](c2cn3nc(CC4C[C@@H](C(F)(F)F)CNC4=O)ccc3n2)C2CCC(F)(F)CC2)cs1. The van der Waals surface area contributed by atoms with Gasteiger partial charge in [-0.15, -0.1) is 11.3 Å². The zero-order valence-corrected chi connectivity index (χ0v) is 21.9. The number of hydrogen-bond acceptors (Lipinski definition) is 6. The number of nitriles is 1. The molecule has 3 aromatic rings. The fourth-order valence-corrected chi connectivity index (χ4v) is 6.02. The third kappa shape index (κ3) is 6.09. The molecule has 1 unspecified atom stereocenters. The molecule has 0 aromatic carbocycles. The number of hydrogen-bond donors (Lipinski definition) is 2. The second kappa shape index (κ2) is 10.8. The van der Waals surface area contributed by atoms with Gasteiger partial charge in [0.25, 0.3) is 5.91 Å². The van der Waals surface area contributed by atoms with Crippen molar-refractivity contribution in [3.63, 3.8) is 0 Å². The summed E-state index contributed by atoms with van der Waals surface area (Å²) in [6.45, 7) is -0.445. The summed E-state index contributed by atoms with van der Waals surface area (Å²) in [5, 5.41) is 20.3. The first-order chi connectivity index (χ1) is 18.9. The summed E-state index contributed by atoms with van der Waals surface area (Å²) in [7, 11) is 0. The highest BCUT2D eigenvalue weighted by Crippen LogP contribution is 2.41. The molecule has 4 heterocycles. The van der Waals surface area contributed by atoms with E-state index in [-0.39, 0.29) is 50.0 Å². The monoisotopic (exact) mass is 580 g/mol. The van der Waals surface area contributed by atoms with E-state index in [1.807, 2.05) is 6.07 Å². The van der Waals surface area contributed by atoms with E-state index in [1.54, 1.807) is 23.7 Å². The zero-order chi connectivity index (χ0) is 28.7. The van der Waals surface area contributed by atoms with Gasteiger partial charge in [-0.2, -0.15) is 23.5 Å². The molecule has 3 aromatic heterocycles. The average molecular weight is 581 g/mol. The van der Waals surface area contributed by atoms with Crippen LogP contribution in [0.2, 0.25) is 0 Å². The summed E-state index contributed by atoms with van der Waals surface area (Å²) in [6.07, 6.45) is -3.50. The highest BCUT2D eigenvalue weighted by Gasteiger charge is 2.45. The van der Waals surface area contributed by atoms with Crippen molar-refractivity contribution in [3.05, 3.63) is 51.6 Å². The molecule has 2 fully saturated rings. The quantitative estimate of drug-likeness (QED) is 0.407. The van der Waals surface area contributed by atoms with Gasteiger partial charge in [0.05, 0.1) is 35.1 Å². The molecule has 0 bridgehead atoms. The molecule has 2 N–H and O–H groups in total. The molecule has 0 spiro atoms. The minimum atomic E-state index is -4.41.